The van der Waals surface area contributed by atoms with Crippen LogP contribution in [-0.2, 0) is 47.2 Å². The van der Waals surface area contributed by atoms with E-state index < -0.39 is 94.1 Å². The second-order valence-corrected chi connectivity index (χ2v) is 48.9. The van der Waals surface area contributed by atoms with Crippen LogP contribution in [0.1, 0.15) is 155 Å². The zero-order valence-electron chi connectivity index (χ0n) is 49.0. The number of unbranched alkanes of at least 4 members (excludes halogenated alkanes) is 3. The number of alkyl carbamates (subject to hydrolysis) is 1. The fourth-order valence-corrected chi connectivity index (χ4v) is 25.4. The number of nitrogens with one attached hydrogen (secondary N) is 1. The van der Waals surface area contributed by atoms with Gasteiger partial charge in [0.1, 0.15) is 17.1 Å². The molecule has 0 radical (unpaired) electrons. The van der Waals surface area contributed by atoms with Crippen LogP contribution in [0.15, 0.2) is 44.1 Å². The molecule has 0 aromatic rings. The van der Waals surface area contributed by atoms with Gasteiger partial charge in [-0.2, -0.15) is 0 Å². The van der Waals surface area contributed by atoms with E-state index in [1.807, 2.05) is 26.0 Å². The fraction of sp³-hybridized carbons (Fsp3) is 0.786. The monoisotopic (exact) mass is 1270 g/mol. The maximum absolute atomic E-state index is 14.4. The molecule has 0 bridgehead atoms. The van der Waals surface area contributed by atoms with E-state index in [0.717, 1.165) is 11.6 Å². The molecule has 0 spiro atoms. The molecule has 7 atom stereocenters. The summed E-state index contributed by atoms with van der Waals surface area (Å²) in [6, 6.07) is 0.00254. The quantitative estimate of drug-likeness (QED) is 0.0123. The van der Waals surface area contributed by atoms with Crippen molar-refractivity contribution in [2.24, 2.45) is 11.3 Å². The molecule has 0 saturated carbocycles. The summed E-state index contributed by atoms with van der Waals surface area (Å²) in [5.41, 5.74) is -1.53. The van der Waals surface area contributed by atoms with Gasteiger partial charge in [0.2, 0.25) is 0 Å². The molecule has 0 aromatic heterocycles. The van der Waals surface area contributed by atoms with Crippen LogP contribution < -0.4 is 5.32 Å². The standard InChI is InChI=1S/C44H77INO11Si2.3C4H9.Sn/c1-20-35(54-33(5)47)23-21-30(2)22-24-36(53-29-52-25-26-58(15,16)17)28-37(57-59(18,19)43(10,11)12)32(4)39(55-34(6)48)44(13,40(49)51-14)38(27-31(3)45)46-41(50)56-42(7,8)9;3*1-3-4-2;/h1,20-22,24,32,35-39H,3,23,25-29H2,2,4-19H3,(H,46,50);3*1,3-4H2,2H3;/b20-1?,24-22+,30-21+;;;;/t32-,35-,36-,37-,38-,39+,44+;;;;/m1..../s1. The molecular formula is C56H104INO11Si2Sn. The topological polar surface area (TPSA) is 145 Å². The molecule has 0 aliphatic heterocycles. The summed E-state index contributed by atoms with van der Waals surface area (Å²) in [4.78, 5) is 53.7. The third-order valence-electron chi connectivity index (χ3n) is 13.8. The van der Waals surface area contributed by atoms with Crippen molar-refractivity contribution >= 4 is 81.4 Å². The summed E-state index contributed by atoms with van der Waals surface area (Å²) in [6.07, 6.45) is 13.1. The summed E-state index contributed by atoms with van der Waals surface area (Å²) < 4.78 is 50.7. The number of esters is 3. The van der Waals surface area contributed by atoms with Crippen molar-refractivity contribution in [1.29, 1.82) is 0 Å². The van der Waals surface area contributed by atoms with Crippen molar-refractivity contribution in [3.05, 3.63) is 44.1 Å². The molecule has 16 heteroatoms. The van der Waals surface area contributed by atoms with E-state index in [1.54, 1.807) is 27.7 Å². The second kappa shape index (κ2) is 33.6. The molecule has 1 N–H and O–H groups in total. The summed E-state index contributed by atoms with van der Waals surface area (Å²) in [5.74, 6) is -2.26. The van der Waals surface area contributed by atoms with Gasteiger partial charge >= 0.3 is 230 Å². The second-order valence-electron chi connectivity index (χ2n) is 24.0. The van der Waals surface area contributed by atoms with E-state index >= 15 is 0 Å². The van der Waals surface area contributed by atoms with Crippen LogP contribution in [0.2, 0.25) is 57.1 Å². The molecule has 418 valence electrons. The Bertz CT molecular complexity index is 1730. The van der Waals surface area contributed by atoms with Gasteiger partial charge < -0.3 is 19.5 Å². The number of methoxy groups -OCH3 is 1. The number of carbonyl (C=O) groups excluding carboxylic acids is 4. The SMILES string of the molecule is C=C(I)C[C@@H](NC(=O)OC(C)(C)C)[C@](C)(C(=O)OC)[C@@H](OC(C)=O)[C@H](C)[C@@H](C[C@@H](/C=C/C(C)=C/C[C@@H](/C=[CH]/[Sn]([CH2]CCC)([CH2]CCC)[CH2]CCC)OC(C)=O)OCOCC[Si](C)(C)C)O[Si](C)(C)C(C)(C)C. The normalized spacial score (nSPS) is 16.6. The average molecular weight is 1270 g/mol. The average Bonchev–Trinajstić information content (AvgIpc) is 3.25. The van der Waals surface area contributed by atoms with Crippen LogP contribution in [0.4, 0.5) is 4.79 Å². The first-order chi connectivity index (χ1) is 33.1. The van der Waals surface area contributed by atoms with Gasteiger partial charge in [-0.05, 0) is 84.5 Å². The maximum atomic E-state index is 14.4. The molecule has 1 amide bonds. The Labute approximate surface area is 459 Å². The van der Waals surface area contributed by atoms with Gasteiger partial charge in [-0.3, -0.25) is 9.59 Å². The summed E-state index contributed by atoms with van der Waals surface area (Å²) in [7, 11) is -2.70. The zero-order valence-corrected chi connectivity index (χ0v) is 56.0. The summed E-state index contributed by atoms with van der Waals surface area (Å²) >= 11 is -0.585. The van der Waals surface area contributed by atoms with Crippen molar-refractivity contribution in [1.82, 2.24) is 5.32 Å². The van der Waals surface area contributed by atoms with Crippen molar-refractivity contribution in [3.8, 4) is 0 Å². The van der Waals surface area contributed by atoms with E-state index in [0.29, 0.717) is 23.0 Å². The fourth-order valence-electron chi connectivity index (χ4n) is 8.37. The molecular weight excluding hydrogens is 1160 g/mol. The van der Waals surface area contributed by atoms with Crippen molar-refractivity contribution < 1.29 is 52.0 Å². The molecule has 0 aromatic carbocycles. The minimum atomic E-state index is -2.66. The van der Waals surface area contributed by atoms with Crippen LogP contribution in [0, 0.1) is 11.3 Å². The van der Waals surface area contributed by atoms with Crippen LogP contribution in [0.5, 0.6) is 0 Å². The number of hydrogen-bond donors (Lipinski definition) is 1. The smallest absolute Gasteiger partial charge is 0.0695 e. The number of amides is 1. The van der Waals surface area contributed by atoms with Crippen molar-refractivity contribution in [2.45, 2.75) is 248 Å². The number of rotatable bonds is 35. The van der Waals surface area contributed by atoms with Gasteiger partial charge in [0.25, 0.3) is 0 Å². The van der Waals surface area contributed by atoms with E-state index in [4.69, 9.17) is 32.8 Å². The third kappa shape index (κ3) is 28.0. The number of allylic oxidation sites excluding steroid dienone is 2. The number of carbonyl (C=O) groups is 4. The Morgan fingerprint density at radius 2 is 1.35 bits per heavy atom. The number of ether oxygens (including phenoxy) is 6. The van der Waals surface area contributed by atoms with E-state index in [1.165, 1.54) is 72.8 Å². The minimum absolute atomic E-state index is 0.0391. The molecule has 72 heavy (non-hydrogen) atoms. The van der Waals surface area contributed by atoms with Crippen LogP contribution in [-0.4, -0.2) is 115 Å². The first-order valence-corrected chi connectivity index (χ1v) is 42.2. The Kier molecular flexibility index (Phi) is 32.9. The molecule has 0 rings (SSSR count). The first kappa shape index (κ1) is 70.5. The summed E-state index contributed by atoms with van der Waals surface area (Å²) in [6.45, 7) is 42.9. The van der Waals surface area contributed by atoms with Crippen LogP contribution in [0.3, 0.4) is 0 Å². The van der Waals surface area contributed by atoms with Crippen LogP contribution >= 0.6 is 22.6 Å². The predicted molar refractivity (Wildman–Crippen MR) is 313 cm³/mol. The Morgan fingerprint density at radius 1 is 0.806 bits per heavy atom. The zero-order chi connectivity index (χ0) is 55.7. The molecule has 12 nitrogen and oxygen atoms in total. The predicted octanol–water partition coefficient (Wildman–Crippen LogP) is 15.2. The first-order valence-electron chi connectivity index (χ1n) is 26.8. The Balaban J connectivity index is 7.80. The van der Waals surface area contributed by atoms with Crippen molar-refractivity contribution in [3.63, 3.8) is 0 Å². The van der Waals surface area contributed by atoms with Crippen LogP contribution in [0.25, 0.3) is 0 Å². The van der Waals surface area contributed by atoms with Gasteiger partial charge in [-0.25, -0.2) is 4.79 Å². The molecule has 0 saturated heterocycles. The molecule has 0 unspecified atom stereocenters. The molecule has 0 aliphatic rings. The summed E-state index contributed by atoms with van der Waals surface area (Å²) in [5, 5.41) is 2.71. The Morgan fingerprint density at radius 3 is 1.79 bits per heavy atom. The Hall–Kier alpha value is -1.52. The van der Waals surface area contributed by atoms with Crippen molar-refractivity contribution in [2.75, 3.05) is 20.5 Å². The minimum Gasteiger partial charge on any atom is -0.0695 e. The van der Waals surface area contributed by atoms with E-state index in [9.17, 15) is 19.2 Å². The molecule has 0 aliphatic carbocycles. The van der Waals surface area contributed by atoms with Gasteiger partial charge in [-0.15, -0.1) is 0 Å². The number of hydrogen-bond acceptors (Lipinski definition) is 11. The van der Waals surface area contributed by atoms with Gasteiger partial charge in [0.05, 0.1) is 13.2 Å². The van der Waals surface area contributed by atoms with Gasteiger partial charge in [0.15, 0.2) is 8.32 Å². The molecule has 0 heterocycles. The van der Waals surface area contributed by atoms with E-state index in [-0.39, 0.29) is 30.3 Å². The van der Waals surface area contributed by atoms with E-state index in [2.05, 4.69) is 125 Å². The molecule has 0 fully saturated rings. The third-order valence-corrected chi connectivity index (χ3v) is 34.6. The number of halogens is 1. The van der Waals surface area contributed by atoms with Gasteiger partial charge in [-0.1, -0.05) is 53.9 Å². The van der Waals surface area contributed by atoms with Gasteiger partial charge in [0, 0.05) is 21.6 Å².